The standard InChI is InChI=1S/C15H26O3/c1-4-5-8-15(3,18)9-6-7-12-11(2)13(16)10-14(12)17/h6-7,11-12,14,17-18H,4-5,8-10H2,1-3H3/b7-6+/t11?,12-,14?,15?/m1/s1. The molecule has 2 N–H and O–H groups in total. The summed E-state index contributed by atoms with van der Waals surface area (Å²) in [5.74, 6) is -0.0498. The maximum absolute atomic E-state index is 11.5. The van der Waals surface area contributed by atoms with Gasteiger partial charge in [-0.15, -0.1) is 0 Å². The first kappa shape index (κ1) is 15.4. The Labute approximate surface area is 110 Å². The van der Waals surface area contributed by atoms with Crippen molar-refractivity contribution in [2.45, 2.75) is 64.6 Å². The SMILES string of the molecule is CCCCC(C)(O)C/C=C/[C@H]1C(O)CC(=O)C1C. The highest BCUT2D eigenvalue weighted by Crippen LogP contribution is 2.30. The first-order chi connectivity index (χ1) is 8.37. The van der Waals surface area contributed by atoms with Gasteiger partial charge >= 0.3 is 0 Å². The van der Waals surface area contributed by atoms with Crippen molar-refractivity contribution in [2.75, 3.05) is 0 Å². The molecule has 1 aliphatic carbocycles. The van der Waals surface area contributed by atoms with Crippen LogP contribution in [-0.4, -0.2) is 27.7 Å². The van der Waals surface area contributed by atoms with E-state index in [-0.39, 0.29) is 24.0 Å². The Morgan fingerprint density at radius 3 is 2.67 bits per heavy atom. The fourth-order valence-electron chi connectivity index (χ4n) is 2.51. The van der Waals surface area contributed by atoms with E-state index in [4.69, 9.17) is 0 Å². The molecule has 3 unspecified atom stereocenters. The van der Waals surface area contributed by atoms with Gasteiger partial charge in [0.05, 0.1) is 11.7 Å². The summed E-state index contributed by atoms with van der Waals surface area (Å²) in [7, 11) is 0. The van der Waals surface area contributed by atoms with Crippen LogP contribution in [0.1, 0.15) is 52.9 Å². The van der Waals surface area contributed by atoms with Crippen LogP contribution in [0.15, 0.2) is 12.2 Å². The summed E-state index contributed by atoms with van der Waals surface area (Å²) in [6, 6.07) is 0. The second-order valence-electron chi connectivity index (χ2n) is 5.84. The van der Waals surface area contributed by atoms with Gasteiger partial charge in [0, 0.05) is 18.3 Å². The molecular formula is C15H26O3. The molecule has 1 rings (SSSR count). The molecule has 0 aliphatic heterocycles. The van der Waals surface area contributed by atoms with Crippen molar-refractivity contribution >= 4 is 5.78 Å². The summed E-state index contributed by atoms with van der Waals surface area (Å²) in [6.07, 6.45) is 6.99. The molecule has 1 saturated carbocycles. The van der Waals surface area contributed by atoms with Crippen molar-refractivity contribution in [3.05, 3.63) is 12.2 Å². The zero-order valence-corrected chi connectivity index (χ0v) is 11.7. The molecule has 3 nitrogen and oxygen atoms in total. The van der Waals surface area contributed by atoms with Gasteiger partial charge in [-0.2, -0.15) is 0 Å². The number of carbonyl (C=O) groups is 1. The first-order valence-corrected chi connectivity index (χ1v) is 6.97. The summed E-state index contributed by atoms with van der Waals surface area (Å²) in [6.45, 7) is 5.81. The van der Waals surface area contributed by atoms with Crippen LogP contribution < -0.4 is 0 Å². The molecule has 0 amide bonds. The fourth-order valence-corrected chi connectivity index (χ4v) is 2.51. The molecule has 3 heteroatoms. The monoisotopic (exact) mass is 254 g/mol. The Morgan fingerprint density at radius 1 is 1.50 bits per heavy atom. The summed E-state index contributed by atoms with van der Waals surface area (Å²) < 4.78 is 0. The number of hydrogen-bond donors (Lipinski definition) is 2. The minimum atomic E-state index is -0.677. The molecule has 0 aromatic carbocycles. The van der Waals surface area contributed by atoms with Gasteiger partial charge in [-0.1, -0.05) is 38.8 Å². The zero-order valence-electron chi connectivity index (χ0n) is 11.7. The zero-order chi connectivity index (χ0) is 13.8. The molecule has 1 fully saturated rings. The molecule has 18 heavy (non-hydrogen) atoms. The van der Waals surface area contributed by atoms with Gasteiger partial charge in [0.25, 0.3) is 0 Å². The van der Waals surface area contributed by atoms with Crippen molar-refractivity contribution in [3.8, 4) is 0 Å². The van der Waals surface area contributed by atoms with Crippen LogP contribution in [0.25, 0.3) is 0 Å². The number of unbranched alkanes of at least 4 members (excludes halogenated alkanes) is 1. The van der Waals surface area contributed by atoms with Gasteiger partial charge in [-0.3, -0.25) is 4.79 Å². The first-order valence-electron chi connectivity index (χ1n) is 6.97. The van der Waals surface area contributed by atoms with Crippen LogP contribution in [0, 0.1) is 11.8 Å². The number of aliphatic hydroxyl groups is 2. The van der Waals surface area contributed by atoms with E-state index in [1.54, 1.807) is 0 Å². The molecule has 1 aliphatic rings. The van der Waals surface area contributed by atoms with E-state index in [9.17, 15) is 15.0 Å². The minimum absolute atomic E-state index is 0.0838. The Kier molecular flexibility index (Phi) is 5.54. The van der Waals surface area contributed by atoms with Crippen LogP contribution in [0.3, 0.4) is 0 Å². The number of carbonyl (C=O) groups excluding carboxylic acids is 1. The Hall–Kier alpha value is -0.670. The van der Waals surface area contributed by atoms with E-state index in [0.29, 0.717) is 6.42 Å². The molecule has 0 bridgehead atoms. The Balaban J connectivity index is 2.47. The maximum atomic E-state index is 11.5. The van der Waals surface area contributed by atoms with Crippen molar-refractivity contribution in [1.82, 2.24) is 0 Å². The van der Waals surface area contributed by atoms with E-state index in [2.05, 4.69) is 6.92 Å². The molecule has 0 spiro atoms. The van der Waals surface area contributed by atoms with E-state index in [0.717, 1.165) is 19.3 Å². The highest BCUT2D eigenvalue weighted by molar-refractivity contribution is 5.84. The fraction of sp³-hybridized carbons (Fsp3) is 0.800. The number of aliphatic hydroxyl groups excluding tert-OH is 1. The topological polar surface area (TPSA) is 57.5 Å². The lowest BCUT2D eigenvalue weighted by atomic mass is 9.92. The lowest BCUT2D eigenvalue weighted by Crippen LogP contribution is -2.23. The molecule has 4 atom stereocenters. The quantitative estimate of drug-likeness (QED) is 0.716. The Morgan fingerprint density at radius 2 is 2.17 bits per heavy atom. The molecule has 0 aromatic heterocycles. The average molecular weight is 254 g/mol. The van der Waals surface area contributed by atoms with Crippen molar-refractivity contribution in [3.63, 3.8) is 0 Å². The number of ketones is 1. The van der Waals surface area contributed by atoms with E-state index >= 15 is 0 Å². The second-order valence-corrected chi connectivity index (χ2v) is 5.84. The molecule has 0 heterocycles. The van der Waals surface area contributed by atoms with Crippen molar-refractivity contribution in [1.29, 1.82) is 0 Å². The summed E-state index contributed by atoms with van der Waals surface area (Å²) in [5, 5.41) is 19.9. The average Bonchev–Trinajstić information content (AvgIpc) is 2.53. The third-order valence-corrected chi connectivity index (χ3v) is 3.92. The van der Waals surface area contributed by atoms with Crippen molar-refractivity contribution in [2.24, 2.45) is 11.8 Å². The van der Waals surface area contributed by atoms with E-state index in [1.807, 2.05) is 26.0 Å². The van der Waals surface area contributed by atoms with Gasteiger partial charge in [0.15, 0.2) is 0 Å². The Bertz CT molecular complexity index is 307. The van der Waals surface area contributed by atoms with Crippen LogP contribution in [0.2, 0.25) is 0 Å². The molecular weight excluding hydrogens is 228 g/mol. The number of rotatable bonds is 6. The molecule has 104 valence electrons. The third kappa shape index (κ3) is 4.21. The van der Waals surface area contributed by atoms with Gasteiger partial charge in [0.2, 0.25) is 0 Å². The minimum Gasteiger partial charge on any atom is -0.392 e. The highest BCUT2D eigenvalue weighted by atomic mass is 16.3. The predicted molar refractivity (Wildman–Crippen MR) is 72.2 cm³/mol. The highest BCUT2D eigenvalue weighted by Gasteiger charge is 2.36. The number of hydrogen-bond acceptors (Lipinski definition) is 3. The smallest absolute Gasteiger partial charge is 0.138 e. The van der Waals surface area contributed by atoms with Gasteiger partial charge in [0.1, 0.15) is 5.78 Å². The van der Waals surface area contributed by atoms with Gasteiger partial charge < -0.3 is 10.2 Å². The third-order valence-electron chi connectivity index (χ3n) is 3.92. The molecule has 0 saturated heterocycles. The van der Waals surface area contributed by atoms with Gasteiger partial charge in [-0.05, 0) is 19.8 Å². The lowest BCUT2D eigenvalue weighted by molar-refractivity contribution is -0.120. The largest absolute Gasteiger partial charge is 0.392 e. The van der Waals surface area contributed by atoms with Crippen LogP contribution >= 0.6 is 0 Å². The van der Waals surface area contributed by atoms with E-state index in [1.165, 1.54) is 0 Å². The maximum Gasteiger partial charge on any atom is 0.138 e. The van der Waals surface area contributed by atoms with E-state index < -0.39 is 11.7 Å². The number of Topliss-reactive ketones (excluding diaryl/α,β-unsaturated/α-hetero) is 1. The van der Waals surface area contributed by atoms with Crippen molar-refractivity contribution < 1.29 is 15.0 Å². The van der Waals surface area contributed by atoms with Crippen LogP contribution in [0.5, 0.6) is 0 Å². The van der Waals surface area contributed by atoms with Crippen LogP contribution in [-0.2, 0) is 4.79 Å². The summed E-state index contributed by atoms with van der Waals surface area (Å²) >= 11 is 0. The predicted octanol–water partition coefficient (Wildman–Crippen LogP) is 2.46. The van der Waals surface area contributed by atoms with Gasteiger partial charge in [-0.25, -0.2) is 0 Å². The second kappa shape index (κ2) is 6.48. The normalized spacial score (nSPS) is 32.1. The molecule has 0 aromatic rings. The molecule has 0 radical (unpaired) electrons. The summed E-state index contributed by atoms with van der Waals surface area (Å²) in [5.41, 5.74) is -0.677. The van der Waals surface area contributed by atoms with Crippen LogP contribution in [0.4, 0.5) is 0 Å². The summed E-state index contributed by atoms with van der Waals surface area (Å²) in [4.78, 5) is 11.5. The lowest BCUT2D eigenvalue weighted by Gasteiger charge is -2.21.